The molecular formula is C16H22N6O. The quantitative estimate of drug-likeness (QED) is 0.898. The van der Waals surface area contributed by atoms with Gasteiger partial charge in [-0.25, -0.2) is 19.9 Å². The minimum atomic E-state index is 0.206. The zero-order chi connectivity index (χ0) is 16.2. The molecule has 0 saturated carbocycles. The zero-order valence-electron chi connectivity index (χ0n) is 13.7. The van der Waals surface area contributed by atoms with E-state index in [-0.39, 0.29) is 12.1 Å². The molecule has 3 heterocycles. The molecule has 2 aromatic heterocycles. The molecule has 1 aliphatic rings. The third kappa shape index (κ3) is 3.56. The fourth-order valence-electron chi connectivity index (χ4n) is 2.79. The fourth-order valence-corrected chi connectivity index (χ4v) is 2.79. The maximum Gasteiger partial charge on any atom is 0.222 e. The maximum absolute atomic E-state index is 5.54. The molecule has 0 bridgehead atoms. The fraction of sp³-hybridized carbons (Fsp3) is 0.500. The summed E-state index contributed by atoms with van der Waals surface area (Å²) >= 11 is 0. The van der Waals surface area contributed by atoms with Crippen LogP contribution in [0.5, 0.6) is 0 Å². The zero-order valence-corrected chi connectivity index (χ0v) is 13.7. The Morgan fingerprint density at radius 2 is 2.22 bits per heavy atom. The van der Waals surface area contributed by atoms with Gasteiger partial charge in [-0.2, -0.15) is 0 Å². The number of aromatic nitrogens is 4. The molecule has 0 spiro atoms. The monoisotopic (exact) mass is 314 g/mol. The Bertz CT molecular complexity index is 650. The average molecular weight is 314 g/mol. The number of anilines is 2. The van der Waals surface area contributed by atoms with Gasteiger partial charge in [-0.1, -0.05) is 0 Å². The third-order valence-electron chi connectivity index (χ3n) is 4.29. The molecule has 0 amide bonds. The number of ether oxygens (including phenoxy) is 1. The van der Waals surface area contributed by atoms with Gasteiger partial charge in [0.1, 0.15) is 12.1 Å². The van der Waals surface area contributed by atoms with Gasteiger partial charge in [-0.3, -0.25) is 0 Å². The second kappa shape index (κ2) is 6.87. The molecule has 1 N–H and O–H groups in total. The van der Waals surface area contributed by atoms with Crippen LogP contribution in [0.2, 0.25) is 0 Å². The normalized spacial score (nSPS) is 20.7. The van der Waals surface area contributed by atoms with E-state index in [4.69, 9.17) is 4.74 Å². The smallest absolute Gasteiger partial charge is 0.222 e. The molecule has 0 radical (unpaired) electrons. The molecule has 0 aliphatic carbocycles. The molecule has 7 heteroatoms. The molecule has 3 rings (SSSR count). The van der Waals surface area contributed by atoms with Crippen LogP contribution in [0.1, 0.15) is 17.7 Å². The molecule has 7 nitrogen and oxygen atoms in total. The highest BCUT2D eigenvalue weighted by Crippen LogP contribution is 2.25. The largest absolute Gasteiger partial charge is 0.380 e. The van der Waals surface area contributed by atoms with E-state index in [2.05, 4.69) is 30.2 Å². The highest BCUT2D eigenvalue weighted by atomic mass is 16.5. The number of nitrogens with zero attached hydrogens (tertiary/aromatic N) is 5. The molecule has 1 aliphatic heterocycles. The van der Waals surface area contributed by atoms with Crippen LogP contribution in [0.3, 0.4) is 0 Å². The summed E-state index contributed by atoms with van der Waals surface area (Å²) < 4.78 is 5.54. The van der Waals surface area contributed by atoms with E-state index < -0.39 is 0 Å². The van der Waals surface area contributed by atoms with E-state index in [9.17, 15) is 0 Å². The first-order valence-corrected chi connectivity index (χ1v) is 7.77. The van der Waals surface area contributed by atoms with Crippen molar-refractivity contribution in [1.29, 1.82) is 0 Å². The summed E-state index contributed by atoms with van der Waals surface area (Å²) in [4.78, 5) is 19.4. The second-order valence-electron chi connectivity index (χ2n) is 5.81. The standard InChI is InChI=1S/C16H22N6O/c1-11-7-18-16(21-12(11)2)19-8-13-6-14(23-3)9-22(13)15-4-5-17-10-20-15/h4-5,7,10,13-14H,6,8-9H2,1-3H3,(H,18,19,21)/t13-,14-/m1/s1. The third-order valence-corrected chi connectivity index (χ3v) is 4.29. The van der Waals surface area contributed by atoms with Crippen LogP contribution in [0.15, 0.2) is 24.8 Å². The van der Waals surface area contributed by atoms with E-state index in [1.807, 2.05) is 26.1 Å². The van der Waals surface area contributed by atoms with Crippen molar-refractivity contribution in [1.82, 2.24) is 19.9 Å². The number of methoxy groups -OCH3 is 1. The Morgan fingerprint density at radius 1 is 1.35 bits per heavy atom. The number of hydrogen-bond donors (Lipinski definition) is 1. The SMILES string of the molecule is CO[C@@H]1C[C@H](CNc2ncc(C)c(C)n2)N(c2ccncn2)C1. The van der Waals surface area contributed by atoms with E-state index in [0.717, 1.165) is 36.6 Å². The van der Waals surface area contributed by atoms with Crippen LogP contribution in [0.25, 0.3) is 0 Å². The Balaban J connectivity index is 1.70. The highest BCUT2D eigenvalue weighted by Gasteiger charge is 2.32. The van der Waals surface area contributed by atoms with E-state index in [0.29, 0.717) is 5.95 Å². The van der Waals surface area contributed by atoms with Crippen molar-refractivity contribution in [2.75, 3.05) is 30.4 Å². The van der Waals surface area contributed by atoms with Crippen molar-refractivity contribution in [2.24, 2.45) is 0 Å². The topological polar surface area (TPSA) is 76.1 Å². The molecule has 1 fully saturated rings. The van der Waals surface area contributed by atoms with Gasteiger partial charge in [-0.05, 0) is 31.9 Å². The minimum absolute atomic E-state index is 0.206. The lowest BCUT2D eigenvalue weighted by Crippen LogP contribution is -2.36. The van der Waals surface area contributed by atoms with E-state index in [1.54, 1.807) is 19.6 Å². The van der Waals surface area contributed by atoms with E-state index >= 15 is 0 Å². The van der Waals surface area contributed by atoms with Crippen molar-refractivity contribution in [3.05, 3.63) is 36.0 Å². The lowest BCUT2D eigenvalue weighted by molar-refractivity contribution is 0.118. The Kier molecular flexibility index (Phi) is 4.66. The van der Waals surface area contributed by atoms with Gasteiger partial charge in [0.05, 0.1) is 12.1 Å². The van der Waals surface area contributed by atoms with Gasteiger partial charge >= 0.3 is 0 Å². The van der Waals surface area contributed by atoms with Crippen LogP contribution in [0.4, 0.5) is 11.8 Å². The van der Waals surface area contributed by atoms with Crippen molar-refractivity contribution >= 4 is 11.8 Å². The lowest BCUT2D eigenvalue weighted by Gasteiger charge is -2.25. The van der Waals surface area contributed by atoms with Crippen molar-refractivity contribution < 1.29 is 4.74 Å². The summed E-state index contributed by atoms with van der Waals surface area (Å²) in [5.74, 6) is 1.59. The summed E-state index contributed by atoms with van der Waals surface area (Å²) in [7, 11) is 1.76. The molecule has 1 saturated heterocycles. The maximum atomic E-state index is 5.54. The van der Waals surface area contributed by atoms with Crippen LogP contribution >= 0.6 is 0 Å². The number of rotatable bonds is 5. The molecule has 23 heavy (non-hydrogen) atoms. The summed E-state index contributed by atoms with van der Waals surface area (Å²) in [5, 5.41) is 3.34. The Labute approximate surface area is 136 Å². The predicted octanol–water partition coefficient (Wildman–Crippen LogP) is 1.59. The molecule has 0 aromatic carbocycles. The number of hydrogen-bond acceptors (Lipinski definition) is 7. The van der Waals surface area contributed by atoms with Gasteiger partial charge in [0.25, 0.3) is 0 Å². The van der Waals surface area contributed by atoms with Gasteiger partial charge < -0.3 is 15.0 Å². The second-order valence-corrected chi connectivity index (χ2v) is 5.81. The van der Waals surface area contributed by atoms with Crippen LogP contribution in [0, 0.1) is 13.8 Å². The first-order chi connectivity index (χ1) is 11.2. The summed E-state index contributed by atoms with van der Waals surface area (Å²) in [6.07, 6.45) is 6.33. The van der Waals surface area contributed by atoms with Crippen molar-refractivity contribution in [2.45, 2.75) is 32.4 Å². The predicted molar refractivity (Wildman–Crippen MR) is 88.6 cm³/mol. The first-order valence-electron chi connectivity index (χ1n) is 7.77. The summed E-state index contributed by atoms with van der Waals surface area (Å²) in [5.41, 5.74) is 2.09. The highest BCUT2D eigenvalue weighted by molar-refractivity contribution is 5.41. The molecule has 0 unspecified atom stereocenters. The van der Waals surface area contributed by atoms with Crippen LogP contribution < -0.4 is 10.2 Å². The van der Waals surface area contributed by atoms with Crippen molar-refractivity contribution in [3.63, 3.8) is 0 Å². The van der Waals surface area contributed by atoms with Crippen LogP contribution in [-0.2, 0) is 4.74 Å². The number of aryl methyl sites for hydroxylation is 2. The average Bonchev–Trinajstić information content (AvgIpc) is 3.00. The molecule has 2 atom stereocenters. The molecule has 2 aromatic rings. The molecule has 122 valence electrons. The van der Waals surface area contributed by atoms with Crippen molar-refractivity contribution in [3.8, 4) is 0 Å². The summed E-state index contributed by atoms with van der Waals surface area (Å²) in [6.45, 7) is 5.57. The van der Waals surface area contributed by atoms with Crippen LogP contribution in [-0.4, -0.2) is 52.3 Å². The summed E-state index contributed by atoms with van der Waals surface area (Å²) in [6, 6.07) is 2.21. The van der Waals surface area contributed by atoms with Gasteiger partial charge in [0, 0.05) is 38.3 Å². The van der Waals surface area contributed by atoms with Gasteiger partial charge in [0.15, 0.2) is 0 Å². The minimum Gasteiger partial charge on any atom is -0.380 e. The van der Waals surface area contributed by atoms with Gasteiger partial charge in [-0.15, -0.1) is 0 Å². The lowest BCUT2D eigenvalue weighted by atomic mass is 10.2. The molecular weight excluding hydrogens is 292 g/mol. The first kappa shape index (κ1) is 15.6. The van der Waals surface area contributed by atoms with E-state index in [1.165, 1.54) is 0 Å². The number of nitrogens with one attached hydrogen (secondary N) is 1. The Hall–Kier alpha value is -2.28. The Morgan fingerprint density at radius 3 is 2.91 bits per heavy atom. The van der Waals surface area contributed by atoms with Gasteiger partial charge in [0.2, 0.25) is 5.95 Å².